The maximum absolute atomic E-state index is 12.8. The van der Waals surface area contributed by atoms with E-state index < -0.39 is 0 Å². The van der Waals surface area contributed by atoms with Crippen LogP contribution >= 0.6 is 0 Å². The van der Waals surface area contributed by atoms with E-state index in [4.69, 9.17) is 4.74 Å². The number of aliphatic hydroxyl groups excluding tert-OH is 1. The van der Waals surface area contributed by atoms with Gasteiger partial charge in [0.15, 0.2) is 0 Å². The van der Waals surface area contributed by atoms with Crippen molar-refractivity contribution in [3.8, 4) is 0 Å². The third-order valence-electron chi connectivity index (χ3n) is 4.30. The van der Waals surface area contributed by atoms with Gasteiger partial charge in [-0.2, -0.15) is 0 Å². The fourth-order valence-electron chi connectivity index (χ4n) is 2.98. The lowest BCUT2D eigenvalue weighted by atomic mass is 9.76. The molecule has 2 aliphatic heterocycles. The second-order valence-electron chi connectivity index (χ2n) is 5.32. The summed E-state index contributed by atoms with van der Waals surface area (Å²) in [6, 6.07) is -0.170. The van der Waals surface area contributed by atoms with Crippen molar-refractivity contribution in [1.29, 1.82) is 0 Å². The topological polar surface area (TPSA) is 61.8 Å². The van der Waals surface area contributed by atoms with Crippen LogP contribution in [0, 0.1) is 5.41 Å². The second kappa shape index (κ2) is 5.99. The van der Waals surface area contributed by atoms with Gasteiger partial charge in [-0.3, -0.25) is 4.79 Å². The molecule has 1 amide bonds. The van der Waals surface area contributed by atoms with E-state index in [-0.39, 0.29) is 24.0 Å². The number of hydrogen-bond acceptors (Lipinski definition) is 4. The van der Waals surface area contributed by atoms with Gasteiger partial charge in [-0.15, -0.1) is 0 Å². The van der Waals surface area contributed by atoms with Crippen molar-refractivity contribution in [2.75, 3.05) is 39.5 Å². The van der Waals surface area contributed by atoms with Crippen LogP contribution in [0.3, 0.4) is 0 Å². The molecule has 2 atom stereocenters. The number of amides is 1. The van der Waals surface area contributed by atoms with E-state index >= 15 is 0 Å². The van der Waals surface area contributed by atoms with Gasteiger partial charge in [-0.1, -0.05) is 6.92 Å². The third kappa shape index (κ3) is 2.53. The quantitative estimate of drug-likeness (QED) is 0.745. The number of aliphatic hydroxyl groups is 1. The Kier molecular flexibility index (Phi) is 4.59. The highest BCUT2D eigenvalue weighted by Crippen LogP contribution is 2.33. The summed E-state index contributed by atoms with van der Waals surface area (Å²) in [5.41, 5.74) is -0.275. The summed E-state index contributed by atoms with van der Waals surface area (Å²) in [6.45, 7) is 5.47. The Hall–Kier alpha value is -0.650. The summed E-state index contributed by atoms with van der Waals surface area (Å²) in [7, 11) is 0. The first-order valence-corrected chi connectivity index (χ1v) is 6.94. The van der Waals surface area contributed by atoms with Crippen LogP contribution in [0.5, 0.6) is 0 Å². The number of morpholine rings is 1. The van der Waals surface area contributed by atoms with Gasteiger partial charge < -0.3 is 20.1 Å². The summed E-state index contributed by atoms with van der Waals surface area (Å²) in [6.07, 6.45) is 2.85. The normalized spacial score (nSPS) is 33.4. The number of nitrogens with one attached hydrogen (secondary N) is 1. The van der Waals surface area contributed by atoms with Crippen LogP contribution in [0.25, 0.3) is 0 Å². The molecule has 2 unspecified atom stereocenters. The Morgan fingerprint density at radius 2 is 2.44 bits per heavy atom. The van der Waals surface area contributed by atoms with Crippen LogP contribution in [0.15, 0.2) is 0 Å². The zero-order chi connectivity index (χ0) is 13.0. The zero-order valence-corrected chi connectivity index (χ0v) is 11.2. The van der Waals surface area contributed by atoms with Crippen LogP contribution in [0.2, 0.25) is 0 Å². The van der Waals surface area contributed by atoms with Crippen molar-refractivity contribution in [3.05, 3.63) is 0 Å². The number of carbonyl (C=O) groups excluding carboxylic acids is 1. The summed E-state index contributed by atoms with van der Waals surface area (Å²) < 4.78 is 5.34. The number of rotatable bonds is 3. The highest BCUT2D eigenvalue weighted by molar-refractivity contribution is 5.83. The molecule has 2 aliphatic rings. The van der Waals surface area contributed by atoms with Gasteiger partial charge in [0.25, 0.3) is 0 Å². The molecule has 2 fully saturated rings. The first-order chi connectivity index (χ1) is 8.73. The molecule has 18 heavy (non-hydrogen) atoms. The molecule has 0 aromatic carbocycles. The van der Waals surface area contributed by atoms with Gasteiger partial charge in [0, 0.05) is 13.1 Å². The molecule has 2 saturated heterocycles. The lowest BCUT2D eigenvalue weighted by Gasteiger charge is -2.43. The number of ether oxygens (including phenoxy) is 1. The van der Waals surface area contributed by atoms with Gasteiger partial charge in [0.2, 0.25) is 5.91 Å². The van der Waals surface area contributed by atoms with Crippen molar-refractivity contribution in [2.24, 2.45) is 5.41 Å². The maximum Gasteiger partial charge on any atom is 0.230 e. The van der Waals surface area contributed by atoms with Crippen molar-refractivity contribution in [3.63, 3.8) is 0 Å². The average Bonchev–Trinajstić information content (AvgIpc) is 2.47. The molecule has 0 radical (unpaired) electrons. The first kappa shape index (κ1) is 13.8. The SMILES string of the molecule is CCC1(C(=O)N2CCOCC2CO)CCCNC1. The minimum atomic E-state index is -0.275. The van der Waals surface area contributed by atoms with Gasteiger partial charge in [-0.25, -0.2) is 0 Å². The molecule has 5 nitrogen and oxygen atoms in total. The molecule has 0 aromatic rings. The molecule has 0 spiro atoms. The largest absolute Gasteiger partial charge is 0.394 e. The minimum Gasteiger partial charge on any atom is -0.394 e. The molecular formula is C13H24N2O3. The minimum absolute atomic E-state index is 0.0149. The van der Waals surface area contributed by atoms with E-state index in [0.717, 1.165) is 32.4 Å². The smallest absolute Gasteiger partial charge is 0.230 e. The number of carbonyl (C=O) groups is 1. The Labute approximate surface area is 108 Å². The second-order valence-corrected chi connectivity index (χ2v) is 5.32. The van der Waals surface area contributed by atoms with Crippen LogP contribution in [0.1, 0.15) is 26.2 Å². The Morgan fingerprint density at radius 3 is 3.06 bits per heavy atom. The summed E-state index contributed by atoms with van der Waals surface area (Å²) in [5, 5.41) is 12.7. The molecule has 5 heteroatoms. The van der Waals surface area contributed by atoms with Crippen LogP contribution in [-0.4, -0.2) is 61.4 Å². The lowest BCUT2D eigenvalue weighted by Crippen LogP contribution is -2.58. The Bertz CT molecular complexity index is 290. The number of piperidine rings is 1. The van der Waals surface area contributed by atoms with E-state index in [1.54, 1.807) is 0 Å². The summed E-state index contributed by atoms with van der Waals surface area (Å²) in [4.78, 5) is 14.6. The Balaban J connectivity index is 2.11. The van der Waals surface area contributed by atoms with E-state index in [1.807, 2.05) is 4.90 Å². The van der Waals surface area contributed by atoms with Crippen LogP contribution < -0.4 is 5.32 Å². The van der Waals surface area contributed by atoms with Crippen molar-refractivity contribution in [1.82, 2.24) is 10.2 Å². The monoisotopic (exact) mass is 256 g/mol. The van der Waals surface area contributed by atoms with Crippen molar-refractivity contribution < 1.29 is 14.6 Å². The molecular weight excluding hydrogens is 232 g/mol. The average molecular weight is 256 g/mol. The number of nitrogens with zero attached hydrogens (tertiary/aromatic N) is 1. The van der Waals surface area contributed by atoms with Crippen molar-refractivity contribution >= 4 is 5.91 Å². The van der Waals surface area contributed by atoms with E-state index in [2.05, 4.69) is 12.2 Å². The van der Waals surface area contributed by atoms with Crippen LogP contribution in [0.4, 0.5) is 0 Å². The van der Waals surface area contributed by atoms with Crippen molar-refractivity contribution in [2.45, 2.75) is 32.2 Å². The summed E-state index contributed by atoms with van der Waals surface area (Å²) >= 11 is 0. The van der Waals surface area contributed by atoms with E-state index in [9.17, 15) is 9.90 Å². The number of hydrogen-bond donors (Lipinski definition) is 2. The van der Waals surface area contributed by atoms with Crippen LogP contribution in [-0.2, 0) is 9.53 Å². The molecule has 2 heterocycles. The molecule has 0 bridgehead atoms. The highest BCUT2D eigenvalue weighted by Gasteiger charge is 2.42. The molecule has 0 aromatic heterocycles. The lowest BCUT2D eigenvalue weighted by molar-refractivity contribution is -0.154. The Morgan fingerprint density at radius 1 is 1.61 bits per heavy atom. The first-order valence-electron chi connectivity index (χ1n) is 6.94. The van der Waals surface area contributed by atoms with Gasteiger partial charge in [0.1, 0.15) is 0 Å². The molecule has 2 rings (SSSR count). The standard InChI is InChI=1S/C13H24N2O3/c1-2-13(4-3-5-14-10-13)12(17)15-6-7-18-9-11(15)8-16/h11,14,16H,2-10H2,1H3. The fourth-order valence-corrected chi connectivity index (χ4v) is 2.98. The predicted octanol–water partition coefficient (Wildman–Crippen LogP) is -0.0141. The third-order valence-corrected chi connectivity index (χ3v) is 4.30. The predicted molar refractivity (Wildman–Crippen MR) is 68.2 cm³/mol. The van der Waals surface area contributed by atoms with E-state index in [1.165, 1.54) is 0 Å². The van der Waals surface area contributed by atoms with Gasteiger partial charge in [-0.05, 0) is 25.8 Å². The van der Waals surface area contributed by atoms with Gasteiger partial charge >= 0.3 is 0 Å². The molecule has 0 aliphatic carbocycles. The summed E-state index contributed by atoms with van der Waals surface area (Å²) in [5.74, 6) is 0.194. The molecule has 104 valence electrons. The van der Waals surface area contributed by atoms with Gasteiger partial charge in [0.05, 0.1) is 31.3 Å². The maximum atomic E-state index is 12.8. The zero-order valence-electron chi connectivity index (χ0n) is 11.2. The fraction of sp³-hybridized carbons (Fsp3) is 0.923. The van der Waals surface area contributed by atoms with E-state index in [0.29, 0.717) is 19.8 Å². The molecule has 2 N–H and O–H groups in total. The highest BCUT2D eigenvalue weighted by atomic mass is 16.5. The molecule has 0 saturated carbocycles.